The number of likely N-dealkylation sites (tertiary alicyclic amines) is 1. The first kappa shape index (κ1) is 28.7. The van der Waals surface area contributed by atoms with Gasteiger partial charge in [-0.25, -0.2) is 9.78 Å². The Morgan fingerprint density at radius 3 is 2.86 bits per heavy atom. The van der Waals surface area contributed by atoms with Gasteiger partial charge in [-0.15, -0.1) is 0 Å². The van der Waals surface area contributed by atoms with E-state index in [9.17, 15) is 19.5 Å². The monoisotopic (exact) mass is 572 g/mol. The van der Waals surface area contributed by atoms with E-state index in [4.69, 9.17) is 4.74 Å². The molecule has 1 atom stereocenters. The molecule has 0 unspecified atom stereocenters. The van der Waals surface area contributed by atoms with Crippen LogP contribution in [0.15, 0.2) is 59.7 Å². The van der Waals surface area contributed by atoms with E-state index in [1.807, 2.05) is 49.5 Å². The van der Waals surface area contributed by atoms with Crippen LogP contribution in [0.25, 0.3) is 10.9 Å². The maximum Gasteiger partial charge on any atom is 0.407 e. The first-order valence-electron chi connectivity index (χ1n) is 14.1. The van der Waals surface area contributed by atoms with Crippen molar-refractivity contribution >= 4 is 28.7 Å². The van der Waals surface area contributed by atoms with Gasteiger partial charge >= 0.3 is 6.09 Å². The number of hydrogen-bond acceptors (Lipinski definition) is 6. The molecule has 220 valence electrons. The molecule has 0 radical (unpaired) electrons. The Hall–Kier alpha value is -4.80. The molecule has 11 heteroatoms. The molecular weight excluding hydrogens is 536 g/mol. The molecule has 4 aromatic rings. The molecule has 1 fully saturated rings. The Bertz CT molecular complexity index is 1640. The lowest BCUT2D eigenvalue weighted by Gasteiger charge is -2.21. The molecule has 0 bridgehead atoms. The Kier molecular flexibility index (Phi) is 8.75. The minimum Gasteiger partial charge on any atom is -0.491 e. The van der Waals surface area contributed by atoms with Crippen LogP contribution in [-0.4, -0.2) is 62.3 Å². The van der Waals surface area contributed by atoms with Gasteiger partial charge in [0.1, 0.15) is 18.9 Å². The minimum absolute atomic E-state index is 0.104. The summed E-state index contributed by atoms with van der Waals surface area (Å²) < 4.78 is 7.32. The number of aromatic nitrogens is 3. The summed E-state index contributed by atoms with van der Waals surface area (Å²) in [6.07, 6.45) is 4.88. The van der Waals surface area contributed by atoms with Gasteiger partial charge in [0.15, 0.2) is 5.82 Å². The van der Waals surface area contributed by atoms with Crippen LogP contribution in [0.3, 0.4) is 0 Å². The van der Waals surface area contributed by atoms with Crippen molar-refractivity contribution in [3.63, 3.8) is 0 Å². The summed E-state index contributed by atoms with van der Waals surface area (Å²) in [6, 6.07) is 13.5. The standard InChI is InChI=1S/C31H36N6O5/c1-20-15-33-27-9-8-23(14-26(20)27)17-34-28(38)18-37-21(2)16-35-29(30(37)39)32-11-10-22-5-3-7-25(13-22)42-19-24-6-4-12-36(24)31(40)41/h3,5,7-9,13-16,24,33H,4,6,10-12,17-19H2,1-2H3,(H,32,35)(H,34,38)(H,40,41)/t24-/m1/s1. The molecule has 2 aromatic heterocycles. The highest BCUT2D eigenvalue weighted by atomic mass is 16.5. The number of rotatable bonds is 11. The van der Waals surface area contributed by atoms with E-state index >= 15 is 0 Å². The van der Waals surface area contributed by atoms with Crippen LogP contribution in [0.2, 0.25) is 0 Å². The van der Waals surface area contributed by atoms with Crippen molar-refractivity contribution in [3.8, 4) is 5.75 Å². The predicted octanol–water partition coefficient (Wildman–Crippen LogP) is 3.83. The fourth-order valence-electron chi connectivity index (χ4n) is 5.28. The molecule has 4 N–H and O–H groups in total. The van der Waals surface area contributed by atoms with Gasteiger partial charge in [-0.05, 0) is 74.1 Å². The van der Waals surface area contributed by atoms with Gasteiger partial charge in [-0.3, -0.25) is 14.2 Å². The van der Waals surface area contributed by atoms with E-state index in [1.54, 1.807) is 13.1 Å². The zero-order valence-corrected chi connectivity index (χ0v) is 23.9. The van der Waals surface area contributed by atoms with Crippen LogP contribution >= 0.6 is 0 Å². The molecule has 0 spiro atoms. The van der Waals surface area contributed by atoms with Crippen LogP contribution in [0.4, 0.5) is 10.6 Å². The number of fused-ring (bicyclic) bond motifs is 1. The Balaban J connectivity index is 1.13. The van der Waals surface area contributed by atoms with Crippen molar-refractivity contribution in [2.75, 3.05) is 25.0 Å². The number of benzene rings is 2. The topological polar surface area (TPSA) is 142 Å². The summed E-state index contributed by atoms with van der Waals surface area (Å²) in [7, 11) is 0. The lowest BCUT2D eigenvalue weighted by molar-refractivity contribution is -0.121. The van der Waals surface area contributed by atoms with Gasteiger partial charge in [-0.1, -0.05) is 18.2 Å². The third-order valence-electron chi connectivity index (χ3n) is 7.67. The fourth-order valence-corrected chi connectivity index (χ4v) is 5.28. The lowest BCUT2D eigenvalue weighted by atomic mass is 10.1. The number of ether oxygens (including phenoxy) is 1. The number of anilines is 1. The summed E-state index contributed by atoms with van der Waals surface area (Å²) in [6.45, 7) is 5.36. The SMILES string of the molecule is Cc1c[nH]c2ccc(CNC(=O)Cn3c(C)cnc(NCCc4cccc(OC[C@H]5CCCN5C(=O)O)c4)c3=O)cc12. The molecular formula is C31H36N6O5. The minimum atomic E-state index is -0.911. The molecule has 5 rings (SSSR count). The van der Waals surface area contributed by atoms with Crippen LogP contribution in [-0.2, 0) is 24.3 Å². The average molecular weight is 573 g/mol. The molecule has 3 heterocycles. The molecule has 2 amide bonds. The van der Waals surface area contributed by atoms with E-state index in [-0.39, 0.29) is 29.9 Å². The first-order valence-corrected chi connectivity index (χ1v) is 14.1. The summed E-state index contributed by atoms with van der Waals surface area (Å²) in [5.74, 6) is 0.600. The van der Waals surface area contributed by atoms with Crippen molar-refractivity contribution in [1.29, 1.82) is 0 Å². The van der Waals surface area contributed by atoms with Crippen molar-refractivity contribution in [2.45, 2.75) is 52.2 Å². The second-order valence-corrected chi connectivity index (χ2v) is 10.7. The van der Waals surface area contributed by atoms with Crippen LogP contribution in [0, 0.1) is 13.8 Å². The van der Waals surface area contributed by atoms with Crippen molar-refractivity contribution < 1.29 is 19.4 Å². The maximum atomic E-state index is 13.1. The van der Waals surface area contributed by atoms with E-state index in [0.717, 1.165) is 40.4 Å². The number of carbonyl (C=O) groups excluding carboxylic acids is 1. The van der Waals surface area contributed by atoms with Crippen molar-refractivity contribution in [2.24, 2.45) is 0 Å². The molecule has 1 aliphatic rings. The molecule has 1 aliphatic heterocycles. The average Bonchev–Trinajstić information content (AvgIpc) is 3.61. The van der Waals surface area contributed by atoms with Crippen molar-refractivity contribution in [3.05, 3.63) is 87.6 Å². The second kappa shape index (κ2) is 12.8. The third-order valence-corrected chi connectivity index (χ3v) is 7.67. The Labute approximate surface area is 243 Å². The maximum absolute atomic E-state index is 13.1. The summed E-state index contributed by atoms with van der Waals surface area (Å²) in [5.41, 5.74) is 4.42. The second-order valence-electron chi connectivity index (χ2n) is 10.7. The number of amides is 2. The number of carboxylic acid groups (broad SMARTS) is 1. The van der Waals surface area contributed by atoms with Crippen LogP contribution in [0.5, 0.6) is 5.75 Å². The molecule has 0 aliphatic carbocycles. The van der Waals surface area contributed by atoms with E-state index in [2.05, 4.69) is 26.7 Å². The van der Waals surface area contributed by atoms with Gasteiger partial charge in [0.05, 0.1) is 6.04 Å². The number of carbonyl (C=O) groups is 2. The van der Waals surface area contributed by atoms with Gasteiger partial charge in [0.25, 0.3) is 5.56 Å². The molecule has 1 saturated heterocycles. The zero-order valence-electron chi connectivity index (χ0n) is 23.9. The molecule has 42 heavy (non-hydrogen) atoms. The summed E-state index contributed by atoms with van der Waals surface area (Å²) >= 11 is 0. The fraction of sp³-hybridized carbons (Fsp3) is 0.355. The quantitative estimate of drug-likeness (QED) is 0.214. The first-order chi connectivity index (χ1) is 20.3. The molecule has 0 saturated carbocycles. The summed E-state index contributed by atoms with van der Waals surface area (Å²) in [5, 5.41) is 16.5. The van der Waals surface area contributed by atoms with E-state index in [1.165, 1.54) is 9.47 Å². The highest BCUT2D eigenvalue weighted by Gasteiger charge is 2.28. The van der Waals surface area contributed by atoms with E-state index in [0.29, 0.717) is 44.1 Å². The summed E-state index contributed by atoms with van der Waals surface area (Å²) in [4.78, 5) is 46.1. The highest BCUT2D eigenvalue weighted by molar-refractivity contribution is 5.83. The number of nitrogens with one attached hydrogen (secondary N) is 3. The third kappa shape index (κ3) is 6.73. The smallest absolute Gasteiger partial charge is 0.407 e. The Morgan fingerprint density at radius 2 is 2.02 bits per heavy atom. The zero-order chi connectivity index (χ0) is 29.6. The van der Waals surface area contributed by atoms with Gasteiger partial charge in [0, 0.05) is 48.6 Å². The van der Waals surface area contributed by atoms with Crippen molar-refractivity contribution in [1.82, 2.24) is 24.8 Å². The molecule has 11 nitrogen and oxygen atoms in total. The normalized spacial score (nSPS) is 14.7. The van der Waals surface area contributed by atoms with E-state index < -0.39 is 6.09 Å². The predicted molar refractivity (Wildman–Crippen MR) is 160 cm³/mol. The number of nitrogens with zero attached hydrogens (tertiary/aromatic N) is 3. The van der Waals surface area contributed by atoms with Crippen LogP contribution < -0.4 is 20.9 Å². The van der Waals surface area contributed by atoms with Gasteiger partial charge in [0.2, 0.25) is 5.91 Å². The lowest BCUT2D eigenvalue weighted by Crippen LogP contribution is -2.38. The van der Waals surface area contributed by atoms with Crippen LogP contribution in [0.1, 0.15) is 35.2 Å². The number of aromatic amines is 1. The number of hydrogen-bond donors (Lipinski definition) is 4. The van der Waals surface area contributed by atoms with Gasteiger partial charge in [-0.2, -0.15) is 0 Å². The highest BCUT2D eigenvalue weighted by Crippen LogP contribution is 2.21. The number of aryl methyl sites for hydroxylation is 2. The Morgan fingerprint density at radius 1 is 1.17 bits per heavy atom. The molecule has 2 aromatic carbocycles. The van der Waals surface area contributed by atoms with Gasteiger partial charge < -0.3 is 30.4 Å². The largest absolute Gasteiger partial charge is 0.491 e. The number of H-pyrrole nitrogens is 1.